The highest BCUT2D eigenvalue weighted by Crippen LogP contribution is 2.51. The van der Waals surface area contributed by atoms with Crippen LogP contribution in [0.1, 0.15) is 24.1 Å². The van der Waals surface area contributed by atoms with Crippen molar-refractivity contribution >= 4 is 11.1 Å². The van der Waals surface area contributed by atoms with Gasteiger partial charge >= 0.3 is 0 Å². The molecule has 0 aromatic carbocycles. The monoisotopic (exact) mass is 275 g/mol. The quantitative estimate of drug-likeness (QED) is 0.868. The first-order chi connectivity index (χ1) is 9.13. The Hall–Kier alpha value is -1.66. The molecular weight excluding hydrogens is 262 g/mol. The Morgan fingerprint density at radius 2 is 1.95 bits per heavy atom. The van der Waals surface area contributed by atoms with Crippen molar-refractivity contribution in [1.29, 1.82) is 0 Å². The highest BCUT2D eigenvalue weighted by Gasteiger charge is 2.53. The molecule has 2 heterocycles. The van der Waals surface area contributed by atoms with E-state index >= 15 is 0 Å². The zero-order chi connectivity index (χ0) is 13.5. The van der Waals surface area contributed by atoms with Crippen LogP contribution in [-0.4, -0.2) is 23.7 Å². The number of hydrogen-bond donors (Lipinski definition) is 1. The van der Waals surface area contributed by atoms with Crippen LogP contribution in [0.25, 0.3) is 11.4 Å². The van der Waals surface area contributed by atoms with Gasteiger partial charge in [0, 0.05) is 24.2 Å². The maximum absolute atomic E-state index is 11.6. The van der Waals surface area contributed by atoms with Gasteiger partial charge in [-0.05, 0) is 37.5 Å². The van der Waals surface area contributed by atoms with Gasteiger partial charge in [0.15, 0.2) is 16.9 Å². The van der Waals surface area contributed by atoms with Gasteiger partial charge in [-0.1, -0.05) is 0 Å². The first-order valence-corrected chi connectivity index (χ1v) is 7.10. The summed E-state index contributed by atoms with van der Waals surface area (Å²) < 4.78 is 20.3. The van der Waals surface area contributed by atoms with Crippen molar-refractivity contribution in [2.75, 3.05) is 0 Å². The maximum Gasteiger partial charge on any atom is 0.165 e. The van der Waals surface area contributed by atoms with Gasteiger partial charge in [0.25, 0.3) is 0 Å². The topological polar surface area (TPSA) is 76.0 Å². The van der Waals surface area contributed by atoms with Crippen molar-refractivity contribution in [3.8, 4) is 11.4 Å². The van der Waals surface area contributed by atoms with E-state index < -0.39 is 15.8 Å². The molecule has 1 atom stereocenters. The zero-order valence-corrected chi connectivity index (χ0v) is 11.2. The molecule has 0 saturated heterocycles. The molecule has 19 heavy (non-hydrogen) atoms. The number of rotatable bonds is 3. The van der Waals surface area contributed by atoms with Crippen LogP contribution in [0.5, 0.6) is 0 Å². The molecule has 0 spiro atoms. The number of pyridine rings is 1. The molecule has 1 aliphatic rings. The molecule has 1 aliphatic carbocycles. The summed E-state index contributed by atoms with van der Waals surface area (Å²) in [5.74, 6) is 0.547. The third-order valence-corrected chi connectivity index (χ3v) is 4.57. The molecule has 2 aromatic heterocycles. The van der Waals surface area contributed by atoms with Gasteiger partial charge in [0.05, 0.1) is 5.69 Å². The summed E-state index contributed by atoms with van der Waals surface area (Å²) in [5.41, 5.74) is 2.34. The lowest BCUT2D eigenvalue weighted by molar-refractivity contribution is 0.545. The van der Waals surface area contributed by atoms with Gasteiger partial charge < -0.3 is 4.55 Å². The van der Waals surface area contributed by atoms with E-state index in [4.69, 9.17) is 0 Å². The molecule has 98 valence electrons. The molecule has 0 amide bonds. The number of nitrogens with zero attached hydrogens (tertiary/aromatic N) is 3. The highest BCUT2D eigenvalue weighted by atomic mass is 32.2. The molecule has 1 fully saturated rings. The Morgan fingerprint density at radius 3 is 2.53 bits per heavy atom. The molecule has 0 radical (unpaired) electrons. The fourth-order valence-corrected chi connectivity index (χ4v) is 2.87. The van der Waals surface area contributed by atoms with Crippen LogP contribution in [0.4, 0.5) is 0 Å². The summed E-state index contributed by atoms with van der Waals surface area (Å²) in [5, 5.41) is 0. The minimum Gasteiger partial charge on any atom is -0.305 e. The lowest BCUT2D eigenvalue weighted by atomic mass is 10.1. The summed E-state index contributed by atoms with van der Waals surface area (Å²) in [4.78, 5) is 12.9. The Balaban J connectivity index is 2.13. The SMILES string of the molecule is Cc1cnc(-c2cccnc2C2(S(=O)O)CC2)nc1. The van der Waals surface area contributed by atoms with Gasteiger partial charge in [-0.2, -0.15) is 0 Å². The molecule has 1 N–H and O–H groups in total. The van der Waals surface area contributed by atoms with Crippen molar-refractivity contribution in [1.82, 2.24) is 15.0 Å². The van der Waals surface area contributed by atoms with Crippen LogP contribution in [0.3, 0.4) is 0 Å². The largest absolute Gasteiger partial charge is 0.305 e. The number of hydrogen-bond acceptors (Lipinski definition) is 4. The minimum atomic E-state index is -1.92. The van der Waals surface area contributed by atoms with Gasteiger partial charge in [0.1, 0.15) is 4.75 Å². The van der Waals surface area contributed by atoms with Crippen LogP contribution in [0.15, 0.2) is 30.7 Å². The molecule has 5 nitrogen and oxygen atoms in total. The van der Waals surface area contributed by atoms with E-state index in [-0.39, 0.29) is 0 Å². The van der Waals surface area contributed by atoms with Crippen LogP contribution in [0, 0.1) is 6.92 Å². The maximum atomic E-state index is 11.6. The van der Waals surface area contributed by atoms with Crippen molar-refractivity contribution in [3.05, 3.63) is 42.0 Å². The minimum absolute atomic E-state index is 0.547. The van der Waals surface area contributed by atoms with Crippen LogP contribution < -0.4 is 0 Å². The second kappa shape index (κ2) is 4.47. The molecule has 1 saturated carbocycles. The molecule has 0 bridgehead atoms. The summed E-state index contributed by atoms with van der Waals surface area (Å²) in [7, 11) is 0. The summed E-state index contributed by atoms with van der Waals surface area (Å²) in [6.45, 7) is 1.92. The molecule has 3 rings (SSSR count). The average Bonchev–Trinajstić information content (AvgIpc) is 3.21. The summed E-state index contributed by atoms with van der Waals surface area (Å²) in [6.07, 6.45) is 6.45. The lowest BCUT2D eigenvalue weighted by Crippen LogP contribution is -2.17. The zero-order valence-electron chi connectivity index (χ0n) is 10.4. The third kappa shape index (κ3) is 2.06. The van der Waals surface area contributed by atoms with E-state index in [1.54, 1.807) is 24.7 Å². The lowest BCUT2D eigenvalue weighted by Gasteiger charge is -2.13. The molecule has 1 unspecified atom stereocenters. The Morgan fingerprint density at radius 1 is 1.26 bits per heavy atom. The fourth-order valence-electron chi connectivity index (χ4n) is 2.09. The Bertz CT molecular complexity index is 639. The molecule has 0 aliphatic heterocycles. The smallest absolute Gasteiger partial charge is 0.165 e. The number of aryl methyl sites for hydroxylation is 1. The third-order valence-electron chi connectivity index (χ3n) is 3.30. The van der Waals surface area contributed by atoms with Crippen molar-refractivity contribution < 1.29 is 8.76 Å². The summed E-state index contributed by atoms with van der Waals surface area (Å²) >= 11 is -1.92. The predicted octanol–water partition coefficient (Wildman–Crippen LogP) is 2.06. The average molecular weight is 275 g/mol. The second-order valence-electron chi connectivity index (χ2n) is 4.73. The number of aromatic nitrogens is 3. The highest BCUT2D eigenvalue weighted by molar-refractivity contribution is 7.80. The van der Waals surface area contributed by atoms with Crippen LogP contribution >= 0.6 is 0 Å². The van der Waals surface area contributed by atoms with E-state index in [2.05, 4.69) is 15.0 Å². The van der Waals surface area contributed by atoms with Gasteiger partial charge in [0.2, 0.25) is 0 Å². The first kappa shape index (κ1) is 12.4. The van der Waals surface area contributed by atoms with E-state index in [1.807, 2.05) is 13.0 Å². The molecular formula is C13H13N3O2S. The van der Waals surface area contributed by atoms with Crippen molar-refractivity contribution in [2.45, 2.75) is 24.5 Å². The van der Waals surface area contributed by atoms with Gasteiger partial charge in [-0.3, -0.25) is 4.98 Å². The normalized spacial score (nSPS) is 18.0. The van der Waals surface area contributed by atoms with Crippen molar-refractivity contribution in [3.63, 3.8) is 0 Å². The second-order valence-corrected chi connectivity index (χ2v) is 6.01. The molecule has 2 aromatic rings. The fraction of sp³-hybridized carbons (Fsp3) is 0.308. The van der Waals surface area contributed by atoms with Crippen LogP contribution in [0.2, 0.25) is 0 Å². The van der Waals surface area contributed by atoms with Crippen molar-refractivity contribution in [2.24, 2.45) is 0 Å². The van der Waals surface area contributed by atoms with E-state index in [9.17, 15) is 8.76 Å². The Labute approximate surface area is 113 Å². The predicted molar refractivity (Wildman–Crippen MR) is 71.7 cm³/mol. The summed E-state index contributed by atoms with van der Waals surface area (Å²) in [6, 6.07) is 3.64. The Kier molecular flexibility index (Phi) is 2.91. The standard InChI is InChI=1S/C13H13N3O2S/c1-9-7-15-12(16-8-9)10-3-2-6-14-11(10)13(4-5-13)19(17)18/h2-3,6-8H,4-5H2,1H3,(H,17,18). The van der Waals surface area contributed by atoms with E-state index in [0.29, 0.717) is 24.4 Å². The van der Waals surface area contributed by atoms with Crippen LogP contribution in [-0.2, 0) is 15.8 Å². The molecule has 6 heteroatoms. The first-order valence-electron chi connectivity index (χ1n) is 5.99. The van der Waals surface area contributed by atoms with E-state index in [0.717, 1.165) is 11.1 Å². The van der Waals surface area contributed by atoms with Gasteiger partial charge in [-0.15, -0.1) is 0 Å². The van der Waals surface area contributed by atoms with Gasteiger partial charge in [-0.25, -0.2) is 14.2 Å². The van der Waals surface area contributed by atoms with E-state index in [1.165, 1.54) is 0 Å².